The maximum atomic E-state index is 11.7. The van der Waals surface area contributed by atoms with Gasteiger partial charge in [-0.2, -0.15) is 0 Å². The zero-order valence-electron chi connectivity index (χ0n) is 7.62. The first-order valence-corrected chi connectivity index (χ1v) is 5.42. The largest absolute Gasteiger partial charge is 0.279 e. The highest BCUT2D eigenvalue weighted by Crippen LogP contribution is 2.15. The van der Waals surface area contributed by atoms with Crippen molar-refractivity contribution < 1.29 is 7.96 Å². The van der Waals surface area contributed by atoms with Crippen LogP contribution in [0, 0.1) is 6.92 Å². The zero-order chi connectivity index (χ0) is 10.7. The van der Waals surface area contributed by atoms with Crippen LogP contribution in [0.3, 0.4) is 0 Å². The second kappa shape index (κ2) is 5.04. The Hall–Kier alpha value is -0.210. The monoisotopic (exact) mass is 370 g/mol. The summed E-state index contributed by atoms with van der Waals surface area (Å²) in [7, 11) is 1.55. The van der Waals surface area contributed by atoms with Crippen LogP contribution >= 0.6 is 38.9 Å². The van der Waals surface area contributed by atoms with E-state index in [1.807, 2.05) is 0 Å². The molecule has 4 nitrogen and oxygen atoms in total. The number of pyridine rings is 1. The van der Waals surface area contributed by atoms with Gasteiger partial charge < -0.3 is 0 Å². The van der Waals surface area contributed by atoms with Gasteiger partial charge in [-0.05, 0) is 28.9 Å². The fourth-order valence-electron chi connectivity index (χ4n) is 0.925. The summed E-state index contributed by atoms with van der Waals surface area (Å²) in [5.74, 6) is -0.217. The number of amides is 1. The Bertz CT molecular complexity index is 359. The van der Waals surface area contributed by atoms with E-state index in [1.165, 1.54) is 0 Å². The molecule has 1 rings (SSSR count). The van der Waals surface area contributed by atoms with Crippen molar-refractivity contribution in [1.29, 1.82) is 0 Å². The Labute approximate surface area is 104 Å². The minimum absolute atomic E-state index is 0.217. The summed E-state index contributed by atoms with van der Waals surface area (Å²) in [6, 6.07) is 1.72. The van der Waals surface area contributed by atoms with Crippen molar-refractivity contribution in [2.24, 2.45) is 0 Å². The van der Waals surface area contributed by atoms with E-state index in [9.17, 15) is 4.79 Å². The molecule has 0 fully saturated rings. The van der Waals surface area contributed by atoms with Gasteiger partial charge >= 0.3 is 0 Å². The molecule has 0 aliphatic rings. The van der Waals surface area contributed by atoms with Crippen LogP contribution in [-0.4, -0.2) is 23.0 Å². The van der Waals surface area contributed by atoms with Crippen molar-refractivity contribution in [1.82, 2.24) is 10.0 Å². The number of nitrogens with zero attached hydrogens (tertiary/aromatic N) is 2. The van der Waals surface area contributed by atoms with Crippen molar-refractivity contribution >= 4 is 44.8 Å². The highest BCUT2D eigenvalue weighted by atomic mass is 127. The average molecular weight is 371 g/mol. The standard InChI is InChI=1S/C8H8BrIN2O2/c1-5-7(3-6(9)4-11-5)8(13)12(2)14-10/h3-4H,1-2H3. The van der Waals surface area contributed by atoms with Gasteiger partial charge in [0.1, 0.15) is 23.0 Å². The van der Waals surface area contributed by atoms with Crippen LogP contribution in [-0.2, 0) is 3.17 Å². The molecule has 76 valence electrons. The lowest BCUT2D eigenvalue weighted by atomic mass is 10.2. The van der Waals surface area contributed by atoms with E-state index in [1.54, 1.807) is 49.2 Å². The molecule has 1 aromatic heterocycles. The fourth-order valence-corrected chi connectivity index (χ4v) is 1.44. The summed E-state index contributed by atoms with van der Waals surface area (Å²) in [5.41, 5.74) is 1.21. The van der Waals surface area contributed by atoms with E-state index < -0.39 is 0 Å². The zero-order valence-corrected chi connectivity index (χ0v) is 11.4. The summed E-state index contributed by atoms with van der Waals surface area (Å²) in [6.45, 7) is 1.78. The highest BCUT2D eigenvalue weighted by Gasteiger charge is 2.15. The lowest BCUT2D eigenvalue weighted by Crippen LogP contribution is -2.24. The number of carbonyl (C=O) groups is 1. The fraction of sp³-hybridized carbons (Fsp3) is 0.250. The third-order valence-electron chi connectivity index (χ3n) is 1.67. The molecule has 0 saturated heterocycles. The van der Waals surface area contributed by atoms with Crippen LogP contribution in [0.15, 0.2) is 16.7 Å². The average Bonchev–Trinajstić information content (AvgIpc) is 2.19. The van der Waals surface area contributed by atoms with E-state index in [4.69, 9.17) is 3.17 Å². The smallest absolute Gasteiger partial charge is 0.267 e. The molecule has 0 N–H and O–H groups in total. The van der Waals surface area contributed by atoms with Gasteiger partial charge in [0.05, 0.1) is 11.3 Å². The second-order valence-corrected chi connectivity index (χ2v) is 3.97. The van der Waals surface area contributed by atoms with Gasteiger partial charge in [-0.15, -0.1) is 0 Å². The molecule has 0 aromatic carbocycles. The molecule has 0 atom stereocenters. The number of carbonyl (C=O) groups excluding carboxylic acids is 1. The third-order valence-corrected chi connectivity index (χ3v) is 2.70. The van der Waals surface area contributed by atoms with Gasteiger partial charge in [0.2, 0.25) is 0 Å². The number of rotatable bonds is 2. The van der Waals surface area contributed by atoms with Crippen LogP contribution < -0.4 is 0 Å². The molecule has 14 heavy (non-hydrogen) atoms. The van der Waals surface area contributed by atoms with Crippen molar-refractivity contribution in [2.45, 2.75) is 6.92 Å². The normalized spacial score (nSPS) is 10.0. The van der Waals surface area contributed by atoms with Gasteiger partial charge in [0.15, 0.2) is 0 Å². The first kappa shape index (κ1) is 11.9. The Kier molecular flexibility index (Phi) is 4.27. The topological polar surface area (TPSA) is 42.4 Å². The summed E-state index contributed by atoms with van der Waals surface area (Å²) < 4.78 is 5.54. The Balaban J connectivity index is 3.06. The molecule has 0 aliphatic carbocycles. The van der Waals surface area contributed by atoms with Gasteiger partial charge in [-0.25, -0.2) is 8.23 Å². The summed E-state index contributed by atoms with van der Waals surface area (Å²) in [6.07, 6.45) is 1.65. The van der Waals surface area contributed by atoms with E-state index in [0.29, 0.717) is 11.3 Å². The third kappa shape index (κ3) is 2.64. The molecule has 0 spiro atoms. The Morgan fingerprint density at radius 1 is 1.71 bits per heavy atom. The molecule has 1 heterocycles. The highest BCUT2D eigenvalue weighted by molar-refractivity contribution is 14.1. The number of aromatic nitrogens is 1. The summed E-state index contributed by atoms with van der Waals surface area (Å²) in [4.78, 5) is 15.7. The predicted octanol–water partition coefficient (Wildman–Crippen LogP) is 2.51. The Morgan fingerprint density at radius 2 is 2.36 bits per heavy atom. The number of hydrogen-bond donors (Lipinski definition) is 0. The number of hydroxylamine groups is 2. The molecular weight excluding hydrogens is 363 g/mol. The predicted molar refractivity (Wildman–Crippen MR) is 63.9 cm³/mol. The van der Waals surface area contributed by atoms with Crippen LogP contribution in [0.4, 0.5) is 0 Å². The van der Waals surface area contributed by atoms with E-state index >= 15 is 0 Å². The van der Waals surface area contributed by atoms with E-state index in [0.717, 1.165) is 9.54 Å². The first-order chi connectivity index (χ1) is 6.56. The number of hydrogen-bond acceptors (Lipinski definition) is 3. The quantitative estimate of drug-likeness (QED) is 0.593. The molecule has 1 aromatic rings. The van der Waals surface area contributed by atoms with Gasteiger partial charge in [-0.1, -0.05) is 0 Å². The van der Waals surface area contributed by atoms with E-state index in [-0.39, 0.29) is 5.91 Å². The molecule has 0 saturated carbocycles. The van der Waals surface area contributed by atoms with Crippen molar-refractivity contribution in [3.63, 3.8) is 0 Å². The molecule has 0 unspecified atom stereocenters. The SMILES string of the molecule is Cc1ncc(Br)cc1C(=O)N(C)OI. The van der Waals surface area contributed by atoms with E-state index in [2.05, 4.69) is 20.9 Å². The van der Waals surface area contributed by atoms with Crippen LogP contribution in [0.5, 0.6) is 0 Å². The molecular formula is C8H8BrIN2O2. The molecule has 0 radical (unpaired) electrons. The van der Waals surface area contributed by atoms with Crippen LogP contribution in [0.2, 0.25) is 0 Å². The molecule has 6 heteroatoms. The molecule has 1 amide bonds. The number of aryl methyl sites for hydroxylation is 1. The van der Waals surface area contributed by atoms with Gasteiger partial charge in [0.25, 0.3) is 5.91 Å². The van der Waals surface area contributed by atoms with Crippen LogP contribution in [0.1, 0.15) is 16.1 Å². The van der Waals surface area contributed by atoms with Gasteiger partial charge in [-0.3, -0.25) is 9.78 Å². The van der Waals surface area contributed by atoms with Gasteiger partial charge in [0, 0.05) is 17.7 Å². The maximum absolute atomic E-state index is 11.7. The summed E-state index contributed by atoms with van der Waals surface area (Å²) in [5, 5.41) is 1.15. The molecule has 0 aliphatic heterocycles. The number of halogens is 2. The lowest BCUT2D eigenvalue weighted by molar-refractivity contribution is 0.0176. The minimum Gasteiger partial charge on any atom is -0.267 e. The van der Waals surface area contributed by atoms with Crippen molar-refractivity contribution in [3.05, 3.63) is 28.0 Å². The summed E-state index contributed by atoms with van der Waals surface area (Å²) >= 11 is 4.91. The molecule has 0 bridgehead atoms. The van der Waals surface area contributed by atoms with Crippen LogP contribution in [0.25, 0.3) is 0 Å². The maximum Gasteiger partial charge on any atom is 0.279 e. The van der Waals surface area contributed by atoms with Crippen molar-refractivity contribution in [2.75, 3.05) is 7.05 Å². The minimum atomic E-state index is -0.217. The Morgan fingerprint density at radius 3 is 2.93 bits per heavy atom. The lowest BCUT2D eigenvalue weighted by Gasteiger charge is -2.13. The first-order valence-electron chi connectivity index (χ1n) is 3.75. The second-order valence-electron chi connectivity index (χ2n) is 2.66. The van der Waals surface area contributed by atoms with Crippen molar-refractivity contribution in [3.8, 4) is 0 Å².